The number of hydrogen-bond donors (Lipinski definition) is 0. The summed E-state index contributed by atoms with van der Waals surface area (Å²) in [5, 5.41) is 0. The van der Waals surface area contributed by atoms with Gasteiger partial charge in [-0.1, -0.05) is 18.2 Å². The predicted octanol–water partition coefficient (Wildman–Crippen LogP) is 4.20. The molecule has 136 valence electrons. The van der Waals surface area contributed by atoms with Gasteiger partial charge in [-0.15, -0.1) is 0 Å². The summed E-state index contributed by atoms with van der Waals surface area (Å²) in [7, 11) is 3.21. The van der Waals surface area contributed by atoms with E-state index in [-0.39, 0.29) is 5.78 Å². The van der Waals surface area contributed by atoms with Crippen molar-refractivity contribution in [3.63, 3.8) is 0 Å². The van der Waals surface area contributed by atoms with Crippen molar-refractivity contribution in [2.75, 3.05) is 14.2 Å². The van der Waals surface area contributed by atoms with E-state index >= 15 is 0 Å². The summed E-state index contributed by atoms with van der Waals surface area (Å²) in [4.78, 5) is 17.6. The Morgan fingerprint density at radius 2 is 1.67 bits per heavy atom. The SMILES string of the molecule is COc1ccc(C2C(=O)c3ccc(OC)cc3OC2c2cccnc2)cc1. The fourth-order valence-corrected chi connectivity index (χ4v) is 3.38. The third kappa shape index (κ3) is 3.12. The number of hydrogen-bond acceptors (Lipinski definition) is 5. The molecule has 5 heteroatoms. The van der Waals surface area contributed by atoms with Gasteiger partial charge in [-0.25, -0.2) is 0 Å². The van der Waals surface area contributed by atoms with Gasteiger partial charge in [-0.3, -0.25) is 9.78 Å². The van der Waals surface area contributed by atoms with Crippen LogP contribution in [0, 0.1) is 0 Å². The lowest BCUT2D eigenvalue weighted by atomic mass is 9.81. The maximum absolute atomic E-state index is 13.4. The second kappa shape index (κ2) is 7.11. The summed E-state index contributed by atoms with van der Waals surface area (Å²) in [6.45, 7) is 0. The molecule has 2 aromatic carbocycles. The van der Waals surface area contributed by atoms with E-state index in [1.54, 1.807) is 44.8 Å². The van der Waals surface area contributed by atoms with Crippen molar-refractivity contribution in [2.45, 2.75) is 12.0 Å². The quantitative estimate of drug-likeness (QED) is 0.697. The van der Waals surface area contributed by atoms with Crippen molar-refractivity contribution >= 4 is 5.78 Å². The molecule has 1 aliphatic rings. The molecular formula is C22H19NO4. The molecule has 0 fully saturated rings. The Kier molecular flexibility index (Phi) is 4.50. The Morgan fingerprint density at radius 1 is 0.926 bits per heavy atom. The highest BCUT2D eigenvalue weighted by molar-refractivity contribution is 6.04. The van der Waals surface area contributed by atoms with E-state index in [1.165, 1.54) is 0 Å². The monoisotopic (exact) mass is 361 g/mol. The highest BCUT2D eigenvalue weighted by Crippen LogP contribution is 2.44. The van der Waals surface area contributed by atoms with Crippen molar-refractivity contribution < 1.29 is 19.0 Å². The number of carbonyl (C=O) groups excluding carboxylic acids is 1. The molecule has 0 saturated carbocycles. The molecule has 0 N–H and O–H groups in total. The van der Waals surface area contributed by atoms with Gasteiger partial charge in [-0.2, -0.15) is 0 Å². The lowest BCUT2D eigenvalue weighted by Gasteiger charge is -2.33. The smallest absolute Gasteiger partial charge is 0.178 e. The van der Waals surface area contributed by atoms with Crippen LogP contribution in [-0.2, 0) is 0 Å². The number of ether oxygens (including phenoxy) is 3. The van der Waals surface area contributed by atoms with Gasteiger partial charge in [0.1, 0.15) is 23.4 Å². The zero-order valence-electron chi connectivity index (χ0n) is 15.1. The highest BCUT2D eigenvalue weighted by atomic mass is 16.5. The minimum atomic E-state index is -0.473. The largest absolute Gasteiger partial charge is 0.497 e. The fourth-order valence-electron chi connectivity index (χ4n) is 3.38. The van der Waals surface area contributed by atoms with E-state index in [2.05, 4.69) is 4.98 Å². The fraction of sp³-hybridized carbons (Fsp3) is 0.182. The zero-order chi connectivity index (χ0) is 18.8. The van der Waals surface area contributed by atoms with Crippen LogP contribution >= 0.6 is 0 Å². The maximum Gasteiger partial charge on any atom is 0.178 e. The van der Waals surface area contributed by atoms with E-state index in [0.717, 1.165) is 16.9 Å². The van der Waals surface area contributed by atoms with Gasteiger partial charge in [0.15, 0.2) is 5.78 Å². The molecule has 1 aliphatic heterocycles. The number of fused-ring (bicyclic) bond motifs is 1. The molecule has 2 heterocycles. The first-order chi connectivity index (χ1) is 13.2. The topological polar surface area (TPSA) is 57.7 Å². The standard InChI is InChI=1S/C22H19NO4/c1-25-16-7-5-14(6-8-16)20-21(24)18-10-9-17(26-2)12-19(18)27-22(20)15-4-3-11-23-13-15/h3-13,20,22H,1-2H3. The normalized spacial score (nSPS) is 18.4. The number of rotatable bonds is 4. The molecule has 0 spiro atoms. The first-order valence-corrected chi connectivity index (χ1v) is 8.64. The van der Waals surface area contributed by atoms with Crippen LogP contribution in [0.3, 0.4) is 0 Å². The molecule has 5 nitrogen and oxygen atoms in total. The molecule has 2 atom stereocenters. The van der Waals surface area contributed by atoms with Gasteiger partial charge in [0.2, 0.25) is 0 Å². The van der Waals surface area contributed by atoms with Crippen LogP contribution in [-0.4, -0.2) is 25.0 Å². The lowest BCUT2D eigenvalue weighted by Crippen LogP contribution is -2.30. The van der Waals surface area contributed by atoms with Crippen molar-refractivity contribution in [3.05, 3.63) is 83.7 Å². The number of aromatic nitrogens is 1. The van der Waals surface area contributed by atoms with E-state index < -0.39 is 12.0 Å². The number of benzene rings is 2. The minimum absolute atomic E-state index is 0.0120. The second-order valence-electron chi connectivity index (χ2n) is 6.30. The van der Waals surface area contributed by atoms with Crippen molar-refractivity contribution in [2.24, 2.45) is 0 Å². The molecule has 0 saturated heterocycles. The molecule has 0 bridgehead atoms. The van der Waals surface area contributed by atoms with E-state index in [9.17, 15) is 4.79 Å². The van der Waals surface area contributed by atoms with Gasteiger partial charge in [0.25, 0.3) is 0 Å². The number of methoxy groups -OCH3 is 2. The third-order valence-corrected chi connectivity index (χ3v) is 4.78. The Labute approximate surface area is 157 Å². The average molecular weight is 361 g/mol. The predicted molar refractivity (Wildman–Crippen MR) is 101 cm³/mol. The molecular weight excluding hydrogens is 342 g/mol. The summed E-state index contributed by atoms with van der Waals surface area (Å²) >= 11 is 0. The maximum atomic E-state index is 13.4. The van der Waals surface area contributed by atoms with E-state index in [1.807, 2.05) is 36.4 Å². The summed E-state index contributed by atoms with van der Waals surface area (Å²) < 4.78 is 16.8. The van der Waals surface area contributed by atoms with Crippen LogP contribution in [0.25, 0.3) is 0 Å². The van der Waals surface area contributed by atoms with Crippen LogP contribution in [0.5, 0.6) is 17.2 Å². The third-order valence-electron chi connectivity index (χ3n) is 4.78. The molecule has 4 rings (SSSR count). The summed E-state index contributed by atoms with van der Waals surface area (Å²) in [6.07, 6.45) is 2.96. The van der Waals surface area contributed by atoms with Crippen LogP contribution in [0.1, 0.15) is 33.5 Å². The van der Waals surface area contributed by atoms with Crippen molar-refractivity contribution in [1.82, 2.24) is 4.98 Å². The minimum Gasteiger partial charge on any atom is -0.497 e. The van der Waals surface area contributed by atoms with Gasteiger partial charge in [-0.05, 0) is 35.9 Å². The molecule has 0 aliphatic carbocycles. The summed E-state index contributed by atoms with van der Waals surface area (Å²) in [6, 6.07) is 16.6. The van der Waals surface area contributed by atoms with Crippen LogP contribution in [0.2, 0.25) is 0 Å². The molecule has 2 unspecified atom stereocenters. The molecule has 3 aromatic rings. The zero-order valence-corrected chi connectivity index (χ0v) is 15.1. The molecule has 0 radical (unpaired) electrons. The first-order valence-electron chi connectivity index (χ1n) is 8.64. The molecule has 1 aromatic heterocycles. The van der Waals surface area contributed by atoms with Gasteiger partial charge >= 0.3 is 0 Å². The van der Waals surface area contributed by atoms with E-state index in [0.29, 0.717) is 17.1 Å². The number of pyridine rings is 1. The summed E-state index contributed by atoms with van der Waals surface area (Å²) in [5.74, 6) is 1.46. The Balaban J connectivity index is 1.83. The summed E-state index contributed by atoms with van der Waals surface area (Å²) in [5.41, 5.74) is 2.27. The lowest BCUT2D eigenvalue weighted by molar-refractivity contribution is 0.0780. The molecule has 27 heavy (non-hydrogen) atoms. The van der Waals surface area contributed by atoms with Gasteiger partial charge in [0.05, 0.1) is 25.7 Å². The number of ketones is 1. The Morgan fingerprint density at radius 3 is 2.33 bits per heavy atom. The van der Waals surface area contributed by atoms with Crippen molar-refractivity contribution in [1.29, 1.82) is 0 Å². The Hall–Kier alpha value is -3.34. The van der Waals surface area contributed by atoms with Crippen molar-refractivity contribution in [3.8, 4) is 17.2 Å². The Bertz CT molecular complexity index is 954. The van der Waals surface area contributed by atoms with Crippen LogP contribution in [0.15, 0.2) is 67.0 Å². The van der Waals surface area contributed by atoms with Gasteiger partial charge < -0.3 is 14.2 Å². The van der Waals surface area contributed by atoms with E-state index in [4.69, 9.17) is 14.2 Å². The first kappa shape index (κ1) is 17.1. The average Bonchev–Trinajstić information content (AvgIpc) is 2.74. The van der Waals surface area contributed by atoms with Crippen LogP contribution < -0.4 is 14.2 Å². The van der Waals surface area contributed by atoms with Crippen LogP contribution in [0.4, 0.5) is 0 Å². The van der Waals surface area contributed by atoms with Gasteiger partial charge in [0, 0.05) is 24.0 Å². The second-order valence-corrected chi connectivity index (χ2v) is 6.30. The number of nitrogens with zero attached hydrogens (tertiary/aromatic N) is 1. The highest BCUT2D eigenvalue weighted by Gasteiger charge is 2.39. The number of carbonyl (C=O) groups is 1. The molecule has 0 amide bonds. The number of Topliss-reactive ketones (excluding diaryl/α,β-unsaturated/α-hetero) is 1.